The molecule has 0 saturated heterocycles. The molecule has 0 aromatic heterocycles. The van der Waals surface area contributed by atoms with Crippen LogP contribution in [-0.2, 0) is 24.3 Å². The molecule has 1 N–H and O–H groups in total. The van der Waals surface area contributed by atoms with E-state index in [0.717, 1.165) is 6.26 Å². The second-order valence-electron chi connectivity index (χ2n) is 6.75. The van der Waals surface area contributed by atoms with Gasteiger partial charge >= 0.3 is 11.9 Å². The molecule has 2 aromatic carbocycles. The molecule has 0 aliphatic carbocycles. The van der Waals surface area contributed by atoms with Crippen LogP contribution in [0, 0.1) is 0 Å². The van der Waals surface area contributed by atoms with Crippen molar-refractivity contribution in [3.63, 3.8) is 0 Å². The largest absolute Gasteiger partial charge is 0.465 e. The molecule has 0 aliphatic heterocycles. The Kier molecular flexibility index (Phi) is 8.62. The average Bonchev–Trinajstić information content (AvgIpc) is 2.74. The molecule has 0 atom stereocenters. The highest BCUT2D eigenvalue weighted by Crippen LogP contribution is 2.22. The Bertz CT molecular complexity index is 1080. The fourth-order valence-electron chi connectivity index (χ4n) is 2.90. The maximum absolute atomic E-state index is 12.4. The molecule has 0 unspecified atom stereocenters. The van der Waals surface area contributed by atoms with Crippen LogP contribution in [0.2, 0.25) is 5.02 Å². The monoisotopic (exact) mass is 482 g/mol. The molecule has 0 bridgehead atoms. The van der Waals surface area contributed by atoms with Gasteiger partial charge in [-0.1, -0.05) is 17.7 Å². The Hall–Kier alpha value is -3.11. The molecular formula is C21H23ClN2O7S. The van der Waals surface area contributed by atoms with E-state index in [9.17, 15) is 22.8 Å². The van der Waals surface area contributed by atoms with Crippen molar-refractivity contribution in [2.24, 2.45) is 0 Å². The first-order valence-electron chi connectivity index (χ1n) is 9.40. The number of anilines is 2. The second-order valence-corrected chi connectivity index (χ2v) is 9.09. The normalized spacial score (nSPS) is 10.9. The van der Waals surface area contributed by atoms with Gasteiger partial charge in [0.05, 0.1) is 37.3 Å². The number of carbonyl (C=O) groups is 3. The first-order chi connectivity index (χ1) is 15.0. The van der Waals surface area contributed by atoms with Gasteiger partial charge in [-0.15, -0.1) is 0 Å². The van der Waals surface area contributed by atoms with Crippen LogP contribution < -0.4 is 9.62 Å². The minimum atomic E-state index is -3.59. The number of sulfonamides is 1. The molecule has 0 radical (unpaired) electrons. The Morgan fingerprint density at radius 1 is 1.00 bits per heavy atom. The Balaban J connectivity index is 2.10. The molecule has 2 aromatic rings. The SMILES string of the molecule is COC(=O)c1cc(NC(=O)CCCN(c2cccc(Cl)c2)S(C)(=O)=O)cc(C(=O)OC)c1. The fraction of sp³-hybridized carbons (Fsp3) is 0.286. The van der Waals surface area contributed by atoms with E-state index in [-0.39, 0.29) is 36.2 Å². The zero-order chi connectivity index (χ0) is 23.9. The Morgan fingerprint density at radius 3 is 2.09 bits per heavy atom. The minimum Gasteiger partial charge on any atom is -0.465 e. The number of rotatable bonds is 9. The van der Waals surface area contributed by atoms with Gasteiger partial charge in [0.25, 0.3) is 0 Å². The molecule has 0 spiro atoms. The molecule has 0 saturated carbocycles. The van der Waals surface area contributed by atoms with Crippen molar-refractivity contribution in [1.82, 2.24) is 0 Å². The molecule has 11 heteroatoms. The summed E-state index contributed by atoms with van der Waals surface area (Å²) in [7, 11) is -1.20. The summed E-state index contributed by atoms with van der Waals surface area (Å²) in [5, 5.41) is 2.99. The van der Waals surface area contributed by atoms with Crippen molar-refractivity contribution in [2.75, 3.05) is 36.6 Å². The number of benzene rings is 2. The third-order valence-electron chi connectivity index (χ3n) is 4.32. The van der Waals surface area contributed by atoms with Crippen LogP contribution in [0.25, 0.3) is 0 Å². The first-order valence-corrected chi connectivity index (χ1v) is 11.6. The van der Waals surface area contributed by atoms with Gasteiger partial charge in [-0.25, -0.2) is 18.0 Å². The van der Waals surface area contributed by atoms with Crippen molar-refractivity contribution in [3.8, 4) is 0 Å². The number of hydrogen-bond donors (Lipinski definition) is 1. The number of carbonyl (C=O) groups excluding carboxylic acids is 3. The fourth-order valence-corrected chi connectivity index (χ4v) is 4.04. The number of nitrogens with one attached hydrogen (secondary N) is 1. The van der Waals surface area contributed by atoms with Crippen LogP contribution in [0.15, 0.2) is 42.5 Å². The van der Waals surface area contributed by atoms with Crippen molar-refractivity contribution < 1.29 is 32.3 Å². The molecular weight excluding hydrogens is 460 g/mol. The summed E-state index contributed by atoms with van der Waals surface area (Å²) in [5.41, 5.74) is 0.729. The van der Waals surface area contributed by atoms with Gasteiger partial charge in [-0.2, -0.15) is 0 Å². The summed E-state index contributed by atoms with van der Waals surface area (Å²) in [5.74, 6) is -1.80. The van der Waals surface area contributed by atoms with Gasteiger partial charge in [-0.05, 0) is 42.8 Å². The molecule has 1 amide bonds. The lowest BCUT2D eigenvalue weighted by Crippen LogP contribution is -2.31. The standard InChI is InChI=1S/C21H23ClN2O7S/c1-30-20(26)14-10-15(21(27)31-2)12-17(11-14)23-19(25)8-5-9-24(32(3,28)29)18-7-4-6-16(22)13-18/h4,6-7,10-13H,5,8-9H2,1-3H3,(H,23,25). The van der Waals surface area contributed by atoms with Crippen LogP contribution in [0.4, 0.5) is 11.4 Å². The molecule has 9 nitrogen and oxygen atoms in total. The zero-order valence-electron chi connectivity index (χ0n) is 17.8. The first kappa shape index (κ1) is 25.2. The van der Waals surface area contributed by atoms with E-state index >= 15 is 0 Å². The Morgan fingerprint density at radius 2 is 1.59 bits per heavy atom. The van der Waals surface area contributed by atoms with Crippen LogP contribution >= 0.6 is 11.6 Å². The number of nitrogens with zero attached hydrogens (tertiary/aromatic N) is 1. The topological polar surface area (TPSA) is 119 Å². The van der Waals surface area contributed by atoms with E-state index in [0.29, 0.717) is 10.7 Å². The number of methoxy groups -OCH3 is 2. The quantitative estimate of drug-likeness (QED) is 0.545. The van der Waals surface area contributed by atoms with Crippen LogP contribution in [0.5, 0.6) is 0 Å². The van der Waals surface area contributed by atoms with Crippen LogP contribution in [-0.4, -0.2) is 53.3 Å². The number of halogens is 1. The van der Waals surface area contributed by atoms with Crippen molar-refractivity contribution >= 4 is 50.8 Å². The number of esters is 2. The maximum atomic E-state index is 12.4. The van der Waals surface area contributed by atoms with Crippen molar-refractivity contribution in [2.45, 2.75) is 12.8 Å². The second kappa shape index (κ2) is 11.0. The predicted octanol–water partition coefficient (Wildman–Crippen LogP) is 3.10. The third kappa shape index (κ3) is 6.96. The summed E-state index contributed by atoms with van der Waals surface area (Å²) in [6.07, 6.45) is 1.27. The minimum absolute atomic E-state index is 0.0113. The van der Waals surface area contributed by atoms with Crippen LogP contribution in [0.3, 0.4) is 0 Å². The summed E-state index contributed by atoms with van der Waals surface area (Å²) in [6, 6.07) is 10.4. The summed E-state index contributed by atoms with van der Waals surface area (Å²) >= 11 is 5.95. The maximum Gasteiger partial charge on any atom is 0.337 e. The van der Waals surface area contributed by atoms with E-state index in [4.69, 9.17) is 11.6 Å². The van der Waals surface area contributed by atoms with Gasteiger partial charge in [-0.3, -0.25) is 9.10 Å². The zero-order valence-corrected chi connectivity index (χ0v) is 19.3. The highest BCUT2D eigenvalue weighted by atomic mass is 35.5. The average molecular weight is 483 g/mol. The van der Waals surface area contributed by atoms with Gasteiger partial charge in [0, 0.05) is 23.7 Å². The number of hydrogen-bond acceptors (Lipinski definition) is 7. The summed E-state index contributed by atoms with van der Waals surface area (Å²) in [4.78, 5) is 36.1. The van der Waals surface area contributed by atoms with Crippen molar-refractivity contribution in [3.05, 3.63) is 58.6 Å². The molecule has 0 fully saturated rings. The molecule has 32 heavy (non-hydrogen) atoms. The summed E-state index contributed by atoms with van der Waals surface area (Å²) in [6.45, 7) is 0.0577. The predicted molar refractivity (Wildman–Crippen MR) is 121 cm³/mol. The number of ether oxygens (including phenoxy) is 2. The Labute approximate surface area is 191 Å². The van der Waals surface area contributed by atoms with Crippen molar-refractivity contribution in [1.29, 1.82) is 0 Å². The van der Waals surface area contributed by atoms with E-state index in [2.05, 4.69) is 14.8 Å². The smallest absolute Gasteiger partial charge is 0.337 e. The summed E-state index contributed by atoms with van der Waals surface area (Å²) < 4.78 is 34.8. The molecule has 2 rings (SSSR count). The highest BCUT2D eigenvalue weighted by Gasteiger charge is 2.19. The molecule has 0 aliphatic rings. The number of amides is 1. The lowest BCUT2D eigenvalue weighted by Gasteiger charge is -2.22. The van der Waals surface area contributed by atoms with E-state index in [1.807, 2.05) is 0 Å². The van der Waals surface area contributed by atoms with E-state index in [1.165, 1.54) is 42.8 Å². The highest BCUT2D eigenvalue weighted by molar-refractivity contribution is 7.92. The van der Waals surface area contributed by atoms with Crippen LogP contribution in [0.1, 0.15) is 33.6 Å². The molecule has 0 heterocycles. The lowest BCUT2D eigenvalue weighted by atomic mass is 10.1. The van der Waals surface area contributed by atoms with Gasteiger partial charge in [0.2, 0.25) is 15.9 Å². The van der Waals surface area contributed by atoms with Gasteiger partial charge in [0.15, 0.2) is 0 Å². The van der Waals surface area contributed by atoms with Gasteiger partial charge in [0.1, 0.15) is 0 Å². The third-order valence-corrected chi connectivity index (χ3v) is 5.75. The molecule has 172 valence electrons. The lowest BCUT2D eigenvalue weighted by molar-refractivity contribution is -0.116. The van der Waals surface area contributed by atoms with Gasteiger partial charge < -0.3 is 14.8 Å². The van der Waals surface area contributed by atoms with E-state index < -0.39 is 27.9 Å². The van der Waals surface area contributed by atoms with E-state index in [1.54, 1.807) is 18.2 Å².